The predicted octanol–water partition coefficient (Wildman–Crippen LogP) is 2.10. The van der Waals surface area contributed by atoms with Gasteiger partial charge in [-0.25, -0.2) is 0 Å². The number of nitrogens with two attached hydrogens (primary N) is 1. The van der Waals surface area contributed by atoms with Gasteiger partial charge in [-0.1, -0.05) is 18.9 Å². The fourth-order valence-corrected chi connectivity index (χ4v) is 2.16. The van der Waals surface area contributed by atoms with Crippen LogP contribution in [0.15, 0.2) is 18.2 Å². The summed E-state index contributed by atoms with van der Waals surface area (Å²) in [7, 11) is 0. The molecule has 0 saturated heterocycles. The Kier molecular flexibility index (Phi) is 3.69. The Hall–Kier alpha value is -2.11. The van der Waals surface area contributed by atoms with Crippen molar-refractivity contribution in [2.45, 2.75) is 32.2 Å². The van der Waals surface area contributed by atoms with Gasteiger partial charge in [0.05, 0.1) is 4.92 Å². The third-order valence-corrected chi connectivity index (χ3v) is 3.26. The minimum atomic E-state index is -0.615. The molecule has 0 aromatic heterocycles. The van der Waals surface area contributed by atoms with Crippen LogP contribution >= 0.6 is 0 Å². The number of nitro groups is 1. The summed E-state index contributed by atoms with van der Waals surface area (Å²) in [5, 5.41) is 13.8. The van der Waals surface area contributed by atoms with Crippen molar-refractivity contribution in [1.82, 2.24) is 5.32 Å². The van der Waals surface area contributed by atoms with Gasteiger partial charge in [-0.3, -0.25) is 14.9 Å². The average Bonchev–Trinajstić information content (AvgIpc) is 3.11. The van der Waals surface area contributed by atoms with Crippen molar-refractivity contribution in [2.75, 3.05) is 5.73 Å². The van der Waals surface area contributed by atoms with Crippen molar-refractivity contribution in [3.8, 4) is 0 Å². The number of nitrogen functional groups attached to an aromatic ring is 1. The maximum atomic E-state index is 12.1. The van der Waals surface area contributed by atoms with Gasteiger partial charge in [-0.05, 0) is 31.4 Å². The lowest BCUT2D eigenvalue weighted by Crippen LogP contribution is -2.33. The van der Waals surface area contributed by atoms with Gasteiger partial charge in [0.15, 0.2) is 0 Å². The number of nitro benzene ring substituents is 1. The summed E-state index contributed by atoms with van der Waals surface area (Å²) in [5.41, 5.74) is 5.27. The number of anilines is 1. The van der Waals surface area contributed by atoms with Crippen molar-refractivity contribution in [3.05, 3.63) is 33.9 Å². The highest BCUT2D eigenvalue weighted by Crippen LogP contribution is 2.33. The summed E-state index contributed by atoms with van der Waals surface area (Å²) >= 11 is 0. The predicted molar refractivity (Wildman–Crippen MR) is 71.8 cm³/mol. The van der Waals surface area contributed by atoms with Gasteiger partial charge < -0.3 is 11.1 Å². The first-order valence-corrected chi connectivity index (χ1v) is 6.32. The van der Waals surface area contributed by atoms with Crippen LogP contribution in [0.5, 0.6) is 0 Å². The van der Waals surface area contributed by atoms with Crippen LogP contribution < -0.4 is 11.1 Å². The molecule has 1 aromatic carbocycles. The molecule has 0 spiro atoms. The van der Waals surface area contributed by atoms with E-state index in [1.807, 2.05) is 6.92 Å². The molecule has 1 atom stereocenters. The minimum Gasteiger partial charge on any atom is -0.393 e. The molecule has 1 fully saturated rings. The van der Waals surface area contributed by atoms with E-state index in [4.69, 9.17) is 5.73 Å². The lowest BCUT2D eigenvalue weighted by Gasteiger charge is -2.13. The molecule has 1 unspecified atom stereocenters. The fraction of sp³-hybridized carbons (Fsp3) is 0.462. The number of nitrogens with zero attached hydrogens (tertiary/aromatic N) is 1. The zero-order chi connectivity index (χ0) is 14.0. The van der Waals surface area contributed by atoms with Gasteiger partial charge in [0.1, 0.15) is 11.3 Å². The lowest BCUT2D eigenvalue weighted by molar-refractivity contribution is -0.384. The quantitative estimate of drug-likeness (QED) is 0.482. The Morgan fingerprint density at radius 2 is 2.26 bits per heavy atom. The van der Waals surface area contributed by atoms with E-state index in [2.05, 4.69) is 5.32 Å². The second-order valence-electron chi connectivity index (χ2n) is 5.05. The number of amides is 1. The normalized spacial score (nSPS) is 15.8. The van der Waals surface area contributed by atoms with E-state index in [0.717, 1.165) is 6.42 Å². The standard InChI is InChI=1S/C13H17N3O3/c1-8(7-9-5-6-9)15-13(17)10-3-2-4-11(14)12(10)16(18)19/h2-4,8-9H,5-7,14H2,1H3,(H,15,17). The molecule has 0 heterocycles. The smallest absolute Gasteiger partial charge is 0.304 e. The second-order valence-corrected chi connectivity index (χ2v) is 5.05. The summed E-state index contributed by atoms with van der Waals surface area (Å²) in [6.45, 7) is 1.91. The summed E-state index contributed by atoms with van der Waals surface area (Å²) in [5.74, 6) is 0.248. The first-order chi connectivity index (χ1) is 8.99. The van der Waals surface area contributed by atoms with Crippen LogP contribution in [0.25, 0.3) is 0 Å². The summed E-state index contributed by atoms with van der Waals surface area (Å²) in [6.07, 6.45) is 3.33. The van der Waals surface area contributed by atoms with Crippen LogP contribution in [0, 0.1) is 16.0 Å². The van der Waals surface area contributed by atoms with Crippen LogP contribution in [0.4, 0.5) is 11.4 Å². The van der Waals surface area contributed by atoms with Gasteiger partial charge in [-0.2, -0.15) is 0 Å². The SMILES string of the molecule is CC(CC1CC1)NC(=O)c1cccc(N)c1[N+](=O)[O-]. The molecule has 1 amide bonds. The Labute approximate surface area is 111 Å². The molecule has 102 valence electrons. The van der Waals surface area contributed by atoms with E-state index in [1.165, 1.54) is 25.0 Å². The number of para-hydroxylation sites is 1. The van der Waals surface area contributed by atoms with E-state index < -0.39 is 10.8 Å². The maximum Gasteiger partial charge on any atom is 0.304 e. The molecule has 6 nitrogen and oxygen atoms in total. The van der Waals surface area contributed by atoms with Crippen LogP contribution in [0.2, 0.25) is 0 Å². The van der Waals surface area contributed by atoms with Gasteiger partial charge in [0, 0.05) is 6.04 Å². The van der Waals surface area contributed by atoms with Gasteiger partial charge in [-0.15, -0.1) is 0 Å². The Morgan fingerprint density at radius 1 is 1.58 bits per heavy atom. The molecule has 19 heavy (non-hydrogen) atoms. The number of rotatable bonds is 5. The molecule has 2 rings (SSSR count). The van der Waals surface area contributed by atoms with Crippen LogP contribution in [-0.4, -0.2) is 16.9 Å². The van der Waals surface area contributed by atoms with E-state index in [1.54, 1.807) is 6.07 Å². The van der Waals surface area contributed by atoms with Crippen molar-refractivity contribution < 1.29 is 9.72 Å². The number of carbonyl (C=O) groups excluding carboxylic acids is 1. The molecule has 1 aliphatic carbocycles. The molecule has 6 heteroatoms. The summed E-state index contributed by atoms with van der Waals surface area (Å²) < 4.78 is 0. The van der Waals surface area contributed by atoms with Crippen molar-refractivity contribution >= 4 is 17.3 Å². The Bertz CT molecular complexity index is 512. The number of hydrogen-bond donors (Lipinski definition) is 2. The van der Waals surface area contributed by atoms with Crippen molar-refractivity contribution in [1.29, 1.82) is 0 Å². The largest absolute Gasteiger partial charge is 0.393 e. The first kappa shape index (κ1) is 13.3. The Morgan fingerprint density at radius 3 is 2.84 bits per heavy atom. The topological polar surface area (TPSA) is 98.3 Å². The molecule has 0 bridgehead atoms. The number of carbonyl (C=O) groups is 1. The van der Waals surface area contributed by atoms with Crippen molar-refractivity contribution in [3.63, 3.8) is 0 Å². The molecular weight excluding hydrogens is 246 g/mol. The highest BCUT2D eigenvalue weighted by atomic mass is 16.6. The molecule has 0 aliphatic heterocycles. The molecule has 3 N–H and O–H groups in total. The Balaban J connectivity index is 2.13. The third-order valence-electron chi connectivity index (χ3n) is 3.26. The number of hydrogen-bond acceptors (Lipinski definition) is 4. The number of nitrogens with one attached hydrogen (secondary N) is 1. The molecular formula is C13H17N3O3. The zero-order valence-corrected chi connectivity index (χ0v) is 10.8. The first-order valence-electron chi connectivity index (χ1n) is 6.32. The second kappa shape index (κ2) is 5.26. The number of benzene rings is 1. The lowest BCUT2D eigenvalue weighted by atomic mass is 10.1. The third kappa shape index (κ3) is 3.21. The average molecular weight is 263 g/mol. The van der Waals surface area contributed by atoms with Gasteiger partial charge in [0.2, 0.25) is 0 Å². The molecule has 0 radical (unpaired) electrons. The highest BCUT2D eigenvalue weighted by molar-refractivity contribution is 6.00. The minimum absolute atomic E-state index is 0.00694. The maximum absolute atomic E-state index is 12.1. The monoisotopic (exact) mass is 263 g/mol. The zero-order valence-electron chi connectivity index (χ0n) is 10.8. The van der Waals surface area contributed by atoms with Crippen LogP contribution in [0.1, 0.15) is 36.5 Å². The fourth-order valence-electron chi connectivity index (χ4n) is 2.16. The summed E-state index contributed by atoms with van der Waals surface area (Å²) in [6, 6.07) is 4.40. The van der Waals surface area contributed by atoms with Crippen molar-refractivity contribution in [2.24, 2.45) is 5.92 Å². The van der Waals surface area contributed by atoms with Gasteiger partial charge in [0.25, 0.3) is 5.91 Å². The van der Waals surface area contributed by atoms with E-state index >= 15 is 0 Å². The van der Waals surface area contributed by atoms with Gasteiger partial charge >= 0.3 is 5.69 Å². The molecule has 1 saturated carbocycles. The van der Waals surface area contributed by atoms with Crippen LogP contribution in [0.3, 0.4) is 0 Å². The highest BCUT2D eigenvalue weighted by Gasteiger charge is 2.27. The van der Waals surface area contributed by atoms with E-state index in [0.29, 0.717) is 5.92 Å². The van der Waals surface area contributed by atoms with E-state index in [9.17, 15) is 14.9 Å². The summed E-state index contributed by atoms with van der Waals surface area (Å²) in [4.78, 5) is 22.4. The van der Waals surface area contributed by atoms with E-state index in [-0.39, 0.29) is 23.0 Å². The molecule has 1 aliphatic rings. The molecule has 1 aromatic rings. The van der Waals surface area contributed by atoms with Crippen LogP contribution in [-0.2, 0) is 0 Å².